The van der Waals surface area contributed by atoms with Crippen LogP contribution in [0.4, 0.5) is 15.8 Å². The fourth-order valence-corrected chi connectivity index (χ4v) is 8.85. The molecular weight excluding hydrogens is 635 g/mol. The van der Waals surface area contributed by atoms with Crippen LogP contribution in [0.5, 0.6) is 23.0 Å². The minimum atomic E-state index is -4.08. The van der Waals surface area contributed by atoms with Gasteiger partial charge < -0.3 is 24.6 Å². The molecule has 2 heterocycles. The SMILES string of the molecule is COc1ccc(OC)c(CC(=O)N2c3cccc(O)c3NC3=C(C2c2ccc(OCc4ccccc4)cc2F)S(=O)(=O)CC(C)(C)C3)c1. The number of hydrogen-bond donors (Lipinski definition) is 2. The molecule has 1 atom stereocenters. The molecule has 1 unspecified atom stereocenters. The summed E-state index contributed by atoms with van der Waals surface area (Å²) < 4.78 is 61.8. The molecule has 0 saturated carbocycles. The summed E-state index contributed by atoms with van der Waals surface area (Å²) in [6.45, 7) is 3.86. The molecule has 0 saturated heterocycles. The summed E-state index contributed by atoms with van der Waals surface area (Å²) in [5, 5.41) is 14.2. The van der Waals surface area contributed by atoms with Crippen LogP contribution in [0.15, 0.2) is 95.5 Å². The number of nitrogens with one attached hydrogen (secondary N) is 1. The number of ether oxygens (including phenoxy) is 3. The van der Waals surface area contributed by atoms with Crippen LogP contribution in [-0.2, 0) is 27.7 Å². The molecule has 4 aromatic rings. The van der Waals surface area contributed by atoms with Gasteiger partial charge in [-0.15, -0.1) is 0 Å². The lowest BCUT2D eigenvalue weighted by atomic mass is 9.88. The summed E-state index contributed by atoms with van der Waals surface area (Å²) in [4.78, 5) is 15.8. The van der Waals surface area contributed by atoms with Gasteiger partial charge >= 0.3 is 0 Å². The summed E-state index contributed by atoms with van der Waals surface area (Å²) in [6.07, 6.45) is 0.0253. The van der Waals surface area contributed by atoms with Gasteiger partial charge in [0, 0.05) is 22.9 Å². The molecule has 6 rings (SSSR count). The number of benzene rings is 4. The highest BCUT2D eigenvalue weighted by atomic mass is 32.2. The van der Waals surface area contributed by atoms with Crippen molar-refractivity contribution in [3.05, 3.63) is 118 Å². The predicted molar refractivity (Wildman–Crippen MR) is 182 cm³/mol. The van der Waals surface area contributed by atoms with E-state index in [0.717, 1.165) is 5.56 Å². The van der Waals surface area contributed by atoms with E-state index in [9.17, 15) is 18.3 Å². The summed E-state index contributed by atoms with van der Waals surface area (Å²) >= 11 is 0. The van der Waals surface area contributed by atoms with Crippen molar-refractivity contribution >= 4 is 27.1 Å². The van der Waals surface area contributed by atoms with Crippen molar-refractivity contribution < 1.29 is 36.9 Å². The minimum Gasteiger partial charge on any atom is -0.506 e. The first-order valence-corrected chi connectivity index (χ1v) is 17.1. The Kier molecular flexibility index (Phi) is 8.82. The zero-order valence-electron chi connectivity index (χ0n) is 27.1. The van der Waals surface area contributed by atoms with Crippen molar-refractivity contribution in [2.75, 3.05) is 30.2 Å². The van der Waals surface area contributed by atoms with E-state index in [4.69, 9.17) is 14.2 Å². The second-order valence-electron chi connectivity index (χ2n) is 12.7. The van der Waals surface area contributed by atoms with Gasteiger partial charge in [-0.3, -0.25) is 9.69 Å². The topological polar surface area (TPSA) is 114 Å². The van der Waals surface area contributed by atoms with Crippen LogP contribution in [0, 0.1) is 11.2 Å². The molecule has 9 nitrogen and oxygen atoms in total. The molecule has 0 aromatic heterocycles. The zero-order chi connectivity index (χ0) is 34.2. The third-order valence-corrected chi connectivity index (χ3v) is 10.8. The van der Waals surface area contributed by atoms with E-state index in [1.165, 1.54) is 37.3 Å². The molecule has 48 heavy (non-hydrogen) atoms. The van der Waals surface area contributed by atoms with Gasteiger partial charge in [-0.05, 0) is 59.9 Å². The lowest BCUT2D eigenvalue weighted by Crippen LogP contribution is -2.42. The van der Waals surface area contributed by atoms with Gasteiger partial charge in [-0.25, -0.2) is 12.8 Å². The molecule has 250 valence electrons. The summed E-state index contributed by atoms with van der Waals surface area (Å²) in [7, 11) is -1.10. The maximum Gasteiger partial charge on any atom is 0.232 e. The summed E-state index contributed by atoms with van der Waals surface area (Å²) in [5.41, 5.74) is 1.28. The summed E-state index contributed by atoms with van der Waals surface area (Å²) in [5.74, 6) is -0.568. The van der Waals surface area contributed by atoms with Crippen molar-refractivity contribution in [2.45, 2.75) is 39.3 Å². The Hall–Kier alpha value is -5.03. The second kappa shape index (κ2) is 12.9. The third-order valence-electron chi connectivity index (χ3n) is 8.54. The van der Waals surface area contributed by atoms with Crippen molar-refractivity contribution in [3.63, 3.8) is 0 Å². The number of aromatic hydroxyl groups is 1. The zero-order valence-corrected chi connectivity index (χ0v) is 27.9. The molecule has 0 aliphatic carbocycles. The Morgan fingerprint density at radius 3 is 2.44 bits per heavy atom. The smallest absolute Gasteiger partial charge is 0.232 e. The first-order chi connectivity index (χ1) is 22.9. The van der Waals surface area contributed by atoms with Crippen LogP contribution < -0.4 is 24.4 Å². The van der Waals surface area contributed by atoms with E-state index in [1.54, 1.807) is 36.4 Å². The van der Waals surface area contributed by atoms with Crippen LogP contribution in [0.1, 0.15) is 43.0 Å². The molecule has 0 spiro atoms. The monoisotopic (exact) mass is 672 g/mol. The molecule has 2 N–H and O–H groups in total. The van der Waals surface area contributed by atoms with Crippen LogP contribution in [0.2, 0.25) is 0 Å². The highest BCUT2D eigenvalue weighted by Crippen LogP contribution is 2.52. The molecule has 1 amide bonds. The van der Waals surface area contributed by atoms with Gasteiger partial charge in [-0.2, -0.15) is 0 Å². The van der Waals surface area contributed by atoms with Crippen molar-refractivity contribution in [2.24, 2.45) is 5.41 Å². The molecule has 4 aromatic carbocycles. The number of para-hydroxylation sites is 1. The van der Waals surface area contributed by atoms with E-state index < -0.39 is 33.0 Å². The number of hydrogen-bond acceptors (Lipinski definition) is 8. The molecule has 11 heteroatoms. The fourth-order valence-electron chi connectivity index (χ4n) is 6.49. The number of rotatable bonds is 8. The number of carbonyl (C=O) groups is 1. The largest absolute Gasteiger partial charge is 0.506 e. The highest BCUT2D eigenvalue weighted by Gasteiger charge is 2.47. The third kappa shape index (κ3) is 6.42. The number of sulfone groups is 1. The van der Waals surface area contributed by atoms with Gasteiger partial charge in [0.15, 0.2) is 9.84 Å². The number of halogens is 1. The van der Waals surface area contributed by atoms with Gasteiger partial charge in [-0.1, -0.05) is 50.2 Å². The highest BCUT2D eigenvalue weighted by molar-refractivity contribution is 7.95. The number of fused-ring (bicyclic) bond motifs is 1. The number of allylic oxidation sites excluding steroid dienone is 1. The van der Waals surface area contributed by atoms with E-state index >= 15 is 4.39 Å². The quantitative estimate of drug-likeness (QED) is 0.194. The predicted octanol–water partition coefficient (Wildman–Crippen LogP) is 6.93. The van der Waals surface area contributed by atoms with E-state index in [0.29, 0.717) is 17.1 Å². The molecule has 0 fully saturated rings. The Balaban J connectivity index is 1.53. The molecule has 2 aliphatic rings. The van der Waals surface area contributed by atoms with Gasteiger partial charge in [0.25, 0.3) is 0 Å². The van der Waals surface area contributed by atoms with Gasteiger partial charge in [0.05, 0.1) is 37.0 Å². The van der Waals surface area contributed by atoms with Crippen molar-refractivity contribution in [3.8, 4) is 23.0 Å². The van der Waals surface area contributed by atoms with Crippen molar-refractivity contribution in [1.29, 1.82) is 0 Å². The van der Waals surface area contributed by atoms with Gasteiger partial charge in [0.1, 0.15) is 47.2 Å². The number of methoxy groups -OCH3 is 2. The van der Waals surface area contributed by atoms with Gasteiger partial charge in [0.2, 0.25) is 5.91 Å². The Bertz CT molecular complexity index is 2010. The maximum atomic E-state index is 16.5. The number of amides is 1. The second-order valence-corrected chi connectivity index (χ2v) is 14.7. The number of phenolic OH excluding ortho intramolecular Hbond substituents is 1. The van der Waals surface area contributed by atoms with E-state index in [1.807, 2.05) is 44.2 Å². The number of nitrogens with zero attached hydrogens (tertiary/aromatic N) is 1. The van der Waals surface area contributed by atoms with Crippen LogP contribution in [0.3, 0.4) is 0 Å². The average Bonchev–Trinajstić information content (AvgIpc) is 3.19. The Morgan fingerprint density at radius 2 is 1.73 bits per heavy atom. The first kappa shape index (κ1) is 32.9. The van der Waals surface area contributed by atoms with E-state index in [-0.39, 0.29) is 64.2 Å². The number of phenols is 1. The van der Waals surface area contributed by atoms with Crippen LogP contribution >= 0.6 is 0 Å². The Labute approximate surface area is 279 Å². The lowest BCUT2D eigenvalue weighted by Gasteiger charge is -2.37. The summed E-state index contributed by atoms with van der Waals surface area (Å²) in [6, 6.07) is 21.9. The molecule has 2 aliphatic heterocycles. The Morgan fingerprint density at radius 1 is 0.979 bits per heavy atom. The molecular formula is C37H37FN2O7S. The van der Waals surface area contributed by atoms with Crippen LogP contribution in [-0.4, -0.2) is 39.4 Å². The number of carbonyl (C=O) groups excluding carboxylic acids is 1. The minimum absolute atomic E-state index is 0.0400. The average molecular weight is 673 g/mol. The van der Waals surface area contributed by atoms with Crippen LogP contribution in [0.25, 0.3) is 0 Å². The van der Waals surface area contributed by atoms with E-state index in [2.05, 4.69) is 5.32 Å². The standard InChI is InChI=1S/C37H37FN2O7S/c1-37(2)20-29-36(48(43,44)22-37)35(27-15-13-26(19-28(27)38)47-21-23-9-6-5-7-10-23)40(30-11-8-12-31(41)34(30)39-29)33(42)18-24-17-25(45-3)14-16-32(24)46-4/h5-17,19,35,39,41H,18,20-22H2,1-4H3. The normalized spacial score (nSPS) is 17.8. The number of anilines is 2. The molecule has 0 radical (unpaired) electrons. The molecule has 0 bridgehead atoms. The lowest BCUT2D eigenvalue weighted by molar-refractivity contribution is -0.118. The fraction of sp³-hybridized carbons (Fsp3) is 0.270. The maximum absolute atomic E-state index is 16.5. The van der Waals surface area contributed by atoms with Crippen molar-refractivity contribution in [1.82, 2.24) is 0 Å². The first-order valence-electron chi connectivity index (χ1n) is 15.4.